The Kier molecular flexibility index (Phi) is 8.00. The quantitative estimate of drug-likeness (QED) is 0.377. The van der Waals surface area contributed by atoms with Crippen molar-refractivity contribution in [3.63, 3.8) is 0 Å². The molecule has 0 fully saturated rings. The number of amides is 1. The van der Waals surface area contributed by atoms with E-state index in [1.807, 2.05) is 36.6 Å². The van der Waals surface area contributed by atoms with Gasteiger partial charge < -0.3 is 19.5 Å². The number of aromatic nitrogens is 1. The van der Waals surface area contributed by atoms with Crippen LogP contribution in [0.5, 0.6) is 11.5 Å². The van der Waals surface area contributed by atoms with Crippen LogP contribution in [0.25, 0.3) is 6.08 Å². The maximum absolute atomic E-state index is 12.1. The highest BCUT2D eigenvalue weighted by molar-refractivity contribution is 7.09. The number of nitrogens with one attached hydrogen (secondary N) is 1. The first-order valence-corrected chi connectivity index (χ1v) is 10.3. The molecule has 0 atom stereocenters. The smallest absolute Gasteiger partial charge is 0.248 e. The molecule has 0 aliphatic carbocycles. The molecule has 2 aromatic carbocycles. The van der Waals surface area contributed by atoms with Crippen LogP contribution in [0, 0.1) is 6.92 Å². The lowest BCUT2D eigenvalue weighted by Gasteiger charge is -2.07. The zero-order valence-electron chi connectivity index (χ0n) is 17.0. The second-order valence-corrected chi connectivity index (χ2v) is 7.47. The molecule has 1 amide bonds. The summed E-state index contributed by atoms with van der Waals surface area (Å²) < 4.78 is 16.2. The van der Waals surface area contributed by atoms with Crippen molar-refractivity contribution in [1.29, 1.82) is 0 Å². The predicted octanol–water partition coefficient (Wildman–Crippen LogP) is 4.71. The van der Waals surface area contributed by atoms with Crippen molar-refractivity contribution < 1.29 is 19.0 Å². The molecule has 0 aliphatic heterocycles. The number of carbonyl (C=O) groups excluding carboxylic acids is 1. The topological polar surface area (TPSA) is 69.7 Å². The van der Waals surface area contributed by atoms with Crippen molar-refractivity contribution in [2.45, 2.75) is 13.5 Å². The zero-order chi connectivity index (χ0) is 21.2. The van der Waals surface area contributed by atoms with Gasteiger partial charge in [0.2, 0.25) is 5.91 Å². The lowest BCUT2D eigenvalue weighted by molar-refractivity contribution is -0.111. The number of rotatable bonds is 10. The Morgan fingerprint density at radius 2 is 1.73 bits per heavy atom. The van der Waals surface area contributed by atoms with E-state index in [0.717, 1.165) is 27.8 Å². The molecule has 30 heavy (non-hydrogen) atoms. The van der Waals surface area contributed by atoms with E-state index in [1.165, 1.54) is 6.08 Å². The van der Waals surface area contributed by atoms with Crippen LogP contribution >= 0.6 is 11.3 Å². The second kappa shape index (κ2) is 11.1. The van der Waals surface area contributed by atoms with E-state index in [-0.39, 0.29) is 5.91 Å². The number of benzene rings is 2. The number of methoxy groups -OCH3 is 1. The van der Waals surface area contributed by atoms with Crippen LogP contribution in [0.3, 0.4) is 0 Å². The monoisotopic (exact) mass is 424 g/mol. The van der Waals surface area contributed by atoms with Gasteiger partial charge in [-0.1, -0.05) is 12.1 Å². The molecule has 156 valence electrons. The fraction of sp³-hybridized carbons (Fsp3) is 0.217. The molecule has 3 aromatic rings. The number of ether oxygens (including phenoxy) is 3. The number of hydrogen-bond donors (Lipinski definition) is 1. The highest BCUT2D eigenvalue weighted by Crippen LogP contribution is 2.17. The van der Waals surface area contributed by atoms with Crippen molar-refractivity contribution >= 4 is 29.0 Å². The summed E-state index contributed by atoms with van der Waals surface area (Å²) in [6.45, 7) is 3.43. The van der Waals surface area contributed by atoms with E-state index >= 15 is 0 Å². The van der Waals surface area contributed by atoms with Gasteiger partial charge in [-0.05, 0) is 55.0 Å². The Labute approximate surface area is 180 Å². The third-order valence-corrected chi connectivity index (χ3v) is 4.86. The lowest BCUT2D eigenvalue weighted by Crippen LogP contribution is -2.08. The van der Waals surface area contributed by atoms with Gasteiger partial charge in [-0.2, -0.15) is 0 Å². The minimum Gasteiger partial charge on any atom is -0.491 e. The normalized spacial score (nSPS) is 10.9. The molecular weight excluding hydrogens is 400 g/mol. The molecule has 0 unspecified atom stereocenters. The van der Waals surface area contributed by atoms with Crippen LogP contribution in [0.15, 0.2) is 60.0 Å². The van der Waals surface area contributed by atoms with Gasteiger partial charge in [-0.3, -0.25) is 4.79 Å². The predicted molar refractivity (Wildman–Crippen MR) is 119 cm³/mol. The maximum atomic E-state index is 12.1. The van der Waals surface area contributed by atoms with Crippen molar-refractivity contribution in [2.24, 2.45) is 0 Å². The molecular formula is C23H24N2O4S. The summed E-state index contributed by atoms with van der Waals surface area (Å²) in [4.78, 5) is 16.5. The average Bonchev–Trinajstić information content (AvgIpc) is 3.18. The van der Waals surface area contributed by atoms with Crippen LogP contribution in [-0.2, 0) is 16.1 Å². The van der Waals surface area contributed by atoms with Crippen molar-refractivity contribution in [3.8, 4) is 11.5 Å². The first-order chi connectivity index (χ1) is 14.6. The molecule has 1 aromatic heterocycles. The van der Waals surface area contributed by atoms with E-state index in [0.29, 0.717) is 25.5 Å². The van der Waals surface area contributed by atoms with Crippen molar-refractivity contribution in [3.05, 3.63) is 76.3 Å². The number of carbonyl (C=O) groups is 1. The highest BCUT2D eigenvalue weighted by Gasteiger charge is 2.01. The molecule has 0 saturated heterocycles. The summed E-state index contributed by atoms with van der Waals surface area (Å²) >= 11 is 1.61. The SMILES string of the molecule is COCCOc1ccc(NC(=O)/C=C/c2ccc(OCc3csc(C)n3)cc2)cc1. The standard InChI is InChI=1S/C23H24N2O4S/c1-17-24-20(16-30-17)15-29-22-8-3-18(4-9-22)5-12-23(26)25-19-6-10-21(11-7-19)28-14-13-27-2/h3-12,16H,13-15H2,1-2H3,(H,25,26)/b12-5+. The largest absolute Gasteiger partial charge is 0.491 e. The second-order valence-electron chi connectivity index (χ2n) is 6.40. The molecule has 1 N–H and O–H groups in total. The maximum Gasteiger partial charge on any atom is 0.248 e. The molecule has 0 spiro atoms. The van der Waals surface area contributed by atoms with E-state index in [1.54, 1.807) is 48.8 Å². The molecule has 0 bridgehead atoms. The van der Waals surface area contributed by atoms with Crippen LogP contribution in [0.2, 0.25) is 0 Å². The zero-order valence-corrected chi connectivity index (χ0v) is 17.8. The van der Waals surface area contributed by atoms with Crippen LogP contribution in [-0.4, -0.2) is 31.2 Å². The molecule has 6 nitrogen and oxygen atoms in total. The van der Waals surface area contributed by atoms with Crippen LogP contribution in [0.1, 0.15) is 16.3 Å². The highest BCUT2D eigenvalue weighted by atomic mass is 32.1. The number of anilines is 1. The first kappa shape index (κ1) is 21.5. The number of aryl methyl sites for hydroxylation is 1. The number of nitrogens with zero attached hydrogens (tertiary/aromatic N) is 1. The first-order valence-electron chi connectivity index (χ1n) is 9.47. The molecule has 0 radical (unpaired) electrons. The third-order valence-electron chi connectivity index (χ3n) is 4.04. The van der Waals surface area contributed by atoms with Gasteiger partial charge in [-0.15, -0.1) is 11.3 Å². The average molecular weight is 425 g/mol. The van der Waals surface area contributed by atoms with Crippen molar-refractivity contribution in [1.82, 2.24) is 4.98 Å². The molecule has 1 heterocycles. The Balaban J connectivity index is 1.46. The minimum atomic E-state index is -0.206. The van der Waals surface area contributed by atoms with E-state index in [9.17, 15) is 4.79 Å². The van der Waals surface area contributed by atoms with Crippen LogP contribution < -0.4 is 14.8 Å². The Hall–Kier alpha value is -3.16. The van der Waals surface area contributed by atoms with Crippen LogP contribution in [0.4, 0.5) is 5.69 Å². The lowest BCUT2D eigenvalue weighted by atomic mass is 10.2. The van der Waals surface area contributed by atoms with Gasteiger partial charge in [0.15, 0.2) is 0 Å². The Morgan fingerprint density at radius 3 is 2.40 bits per heavy atom. The summed E-state index contributed by atoms with van der Waals surface area (Å²) in [6.07, 6.45) is 3.25. The molecule has 3 rings (SSSR count). The minimum absolute atomic E-state index is 0.206. The Bertz CT molecular complexity index is 966. The van der Waals surface area contributed by atoms with Gasteiger partial charge in [0, 0.05) is 24.3 Å². The Morgan fingerprint density at radius 1 is 1.03 bits per heavy atom. The molecule has 0 aliphatic rings. The molecule has 0 saturated carbocycles. The summed E-state index contributed by atoms with van der Waals surface area (Å²) in [5.74, 6) is 1.28. The van der Waals surface area contributed by atoms with Gasteiger partial charge in [-0.25, -0.2) is 4.98 Å². The van der Waals surface area contributed by atoms with Gasteiger partial charge in [0.05, 0.1) is 17.3 Å². The fourth-order valence-electron chi connectivity index (χ4n) is 2.54. The van der Waals surface area contributed by atoms with Crippen molar-refractivity contribution in [2.75, 3.05) is 25.6 Å². The van der Waals surface area contributed by atoms with E-state index in [4.69, 9.17) is 14.2 Å². The summed E-state index contributed by atoms with van der Waals surface area (Å²) in [5, 5.41) is 5.84. The van der Waals surface area contributed by atoms with E-state index in [2.05, 4.69) is 10.3 Å². The molecule has 7 heteroatoms. The summed E-state index contributed by atoms with van der Waals surface area (Å²) in [7, 11) is 1.63. The number of thiazole rings is 1. The summed E-state index contributed by atoms with van der Waals surface area (Å²) in [5.41, 5.74) is 2.53. The van der Waals surface area contributed by atoms with E-state index < -0.39 is 0 Å². The fourth-order valence-corrected chi connectivity index (χ4v) is 3.14. The number of hydrogen-bond acceptors (Lipinski definition) is 6. The van der Waals surface area contributed by atoms with Gasteiger partial charge >= 0.3 is 0 Å². The van der Waals surface area contributed by atoms with Gasteiger partial charge in [0.1, 0.15) is 24.7 Å². The van der Waals surface area contributed by atoms with Gasteiger partial charge in [0.25, 0.3) is 0 Å². The summed E-state index contributed by atoms with van der Waals surface area (Å²) in [6, 6.07) is 14.8. The third kappa shape index (κ3) is 7.02.